The molecule has 1 aromatic heterocycles. The van der Waals surface area contributed by atoms with Crippen molar-refractivity contribution in [1.29, 1.82) is 0 Å². The largest absolute Gasteiger partial charge is 0.383 e. The molecule has 27 heavy (non-hydrogen) atoms. The lowest BCUT2D eigenvalue weighted by atomic mass is 9.96. The molecule has 0 amide bonds. The van der Waals surface area contributed by atoms with Crippen molar-refractivity contribution < 1.29 is 4.74 Å². The summed E-state index contributed by atoms with van der Waals surface area (Å²) in [5.74, 6) is 0.324. The molecule has 0 spiro atoms. The van der Waals surface area contributed by atoms with Gasteiger partial charge in [-0.1, -0.05) is 33.1 Å². The third-order valence-electron chi connectivity index (χ3n) is 4.73. The van der Waals surface area contributed by atoms with Gasteiger partial charge in [-0.25, -0.2) is 4.79 Å². The van der Waals surface area contributed by atoms with E-state index < -0.39 is 11.2 Å². The molecule has 0 radical (unpaired) electrons. The van der Waals surface area contributed by atoms with Crippen LogP contribution >= 0.6 is 12.2 Å². The molecule has 1 fully saturated rings. The van der Waals surface area contributed by atoms with E-state index in [0.29, 0.717) is 24.8 Å². The van der Waals surface area contributed by atoms with E-state index in [2.05, 4.69) is 10.3 Å². The van der Waals surface area contributed by atoms with Crippen molar-refractivity contribution in [2.24, 2.45) is 5.92 Å². The monoisotopic (exact) mass is 397 g/mol. The second kappa shape index (κ2) is 9.89. The quantitative estimate of drug-likeness (QED) is 0.598. The average molecular weight is 398 g/mol. The van der Waals surface area contributed by atoms with Crippen molar-refractivity contribution in [1.82, 2.24) is 14.9 Å². The zero-order valence-electron chi connectivity index (χ0n) is 16.4. The normalized spacial score (nSPS) is 15.1. The Kier molecular flexibility index (Phi) is 7.85. The van der Waals surface area contributed by atoms with Crippen LogP contribution in [0.2, 0.25) is 0 Å². The number of anilines is 2. The lowest BCUT2D eigenvalue weighted by molar-refractivity contribution is 0.207. The number of thiocarbonyl (C=S) groups is 1. The molecule has 0 atom stereocenters. The maximum absolute atomic E-state index is 12.6. The molecule has 1 heterocycles. The Hall–Kier alpha value is -1.87. The number of nitrogens with zero attached hydrogens (tertiary/aromatic N) is 2. The number of aromatic amines is 1. The number of H-pyrrole nitrogens is 1. The second-order valence-electron chi connectivity index (χ2n) is 7.43. The molecule has 0 saturated heterocycles. The number of nitrogen functional groups attached to an aromatic ring is 1. The van der Waals surface area contributed by atoms with Gasteiger partial charge in [-0.15, -0.1) is 0 Å². The van der Waals surface area contributed by atoms with E-state index in [1.807, 2.05) is 13.8 Å². The minimum Gasteiger partial charge on any atom is -0.383 e. The zero-order valence-corrected chi connectivity index (χ0v) is 17.2. The van der Waals surface area contributed by atoms with E-state index in [0.717, 1.165) is 12.8 Å². The van der Waals surface area contributed by atoms with Gasteiger partial charge >= 0.3 is 5.69 Å². The number of methoxy groups -OCH3 is 1. The Bertz CT molecular complexity index is 752. The summed E-state index contributed by atoms with van der Waals surface area (Å²) in [5.41, 5.74) is 5.40. The predicted molar refractivity (Wildman–Crippen MR) is 112 cm³/mol. The van der Waals surface area contributed by atoms with Gasteiger partial charge in [0.05, 0.1) is 6.61 Å². The molecule has 1 aromatic rings. The van der Waals surface area contributed by atoms with E-state index in [1.54, 1.807) is 12.0 Å². The van der Waals surface area contributed by atoms with Gasteiger partial charge in [0.1, 0.15) is 5.82 Å². The van der Waals surface area contributed by atoms with E-state index >= 15 is 0 Å². The van der Waals surface area contributed by atoms with Crippen LogP contribution < -0.4 is 27.2 Å². The highest BCUT2D eigenvalue weighted by Gasteiger charge is 2.24. The molecule has 0 aromatic carbocycles. The first-order valence-electron chi connectivity index (χ1n) is 9.54. The molecule has 0 aliphatic heterocycles. The summed E-state index contributed by atoms with van der Waals surface area (Å²) < 4.78 is 6.57. The van der Waals surface area contributed by atoms with Gasteiger partial charge in [0, 0.05) is 26.2 Å². The van der Waals surface area contributed by atoms with Crippen molar-refractivity contribution in [2.75, 3.05) is 30.9 Å². The minimum atomic E-state index is -0.540. The smallest absolute Gasteiger partial charge is 0.330 e. The lowest BCUT2D eigenvalue weighted by Crippen LogP contribution is -2.49. The third-order valence-corrected chi connectivity index (χ3v) is 5.07. The van der Waals surface area contributed by atoms with Crippen molar-refractivity contribution in [3.8, 4) is 0 Å². The van der Waals surface area contributed by atoms with Crippen LogP contribution in [0.5, 0.6) is 0 Å². The second-order valence-corrected chi connectivity index (χ2v) is 7.81. The molecular formula is C18H31N5O3S. The van der Waals surface area contributed by atoms with E-state index in [-0.39, 0.29) is 23.5 Å². The molecule has 152 valence electrons. The lowest BCUT2D eigenvalue weighted by Gasteiger charge is -2.31. The first kappa shape index (κ1) is 21.4. The van der Waals surface area contributed by atoms with Gasteiger partial charge in [0.25, 0.3) is 5.56 Å². The highest BCUT2D eigenvalue weighted by molar-refractivity contribution is 7.80. The van der Waals surface area contributed by atoms with Gasteiger partial charge in [-0.2, -0.15) is 0 Å². The number of hydrogen-bond donors (Lipinski definition) is 3. The fourth-order valence-electron chi connectivity index (χ4n) is 3.38. The maximum atomic E-state index is 12.6. The molecule has 4 N–H and O–H groups in total. The summed E-state index contributed by atoms with van der Waals surface area (Å²) in [7, 11) is 1.59. The SMILES string of the molecule is COCCN(C(=S)NC1CCCCC1)c1c(N)n(CC(C)C)c(=O)[nH]c1=O. The van der Waals surface area contributed by atoms with Crippen LogP contribution in [0.1, 0.15) is 46.0 Å². The van der Waals surface area contributed by atoms with Gasteiger partial charge in [0.15, 0.2) is 10.8 Å². The fourth-order valence-corrected chi connectivity index (χ4v) is 3.73. The number of rotatable bonds is 7. The predicted octanol–water partition coefficient (Wildman–Crippen LogP) is 1.43. The number of aromatic nitrogens is 2. The zero-order chi connectivity index (χ0) is 20.0. The van der Waals surface area contributed by atoms with Crippen LogP contribution in [0.4, 0.5) is 11.5 Å². The molecule has 8 nitrogen and oxygen atoms in total. The molecule has 0 bridgehead atoms. The Morgan fingerprint density at radius 2 is 2.04 bits per heavy atom. The van der Waals surface area contributed by atoms with Crippen LogP contribution in [0.3, 0.4) is 0 Å². The highest BCUT2D eigenvalue weighted by atomic mass is 32.1. The summed E-state index contributed by atoms with van der Waals surface area (Å²) >= 11 is 5.60. The van der Waals surface area contributed by atoms with Crippen molar-refractivity contribution in [3.05, 3.63) is 20.8 Å². The Balaban J connectivity index is 2.38. The topological polar surface area (TPSA) is 105 Å². The first-order valence-corrected chi connectivity index (χ1v) is 9.95. The Labute approximate surface area is 165 Å². The standard InChI is InChI=1S/C18H31N5O3S/c1-12(2)11-23-15(19)14(16(24)21-17(23)25)22(9-10-26-3)18(27)20-13-7-5-4-6-8-13/h12-13H,4-11,19H2,1-3H3,(H,20,27)(H,21,24,25). The van der Waals surface area contributed by atoms with Crippen molar-refractivity contribution in [2.45, 2.75) is 58.5 Å². The summed E-state index contributed by atoms with van der Waals surface area (Å²) in [4.78, 5) is 28.8. The van der Waals surface area contributed by atoms with Gasteiger partial charge < -0.3 is 20.7 Å². The van der Waals surface area contributed by atoms with Crippen LogP contribution in [0.15, 0.2) is 9.59 Å². The molecule has 1 aliphatic rings. The molecule has 1 saturated carbocycles. The van der Waals surface area contributed by atoms with Crippen molar-refractivity contribution in [3.63, 3.8) is 0 Å². The van der Waals surface area contributed by atoms with Crippen LogP contribution in [-0.2, 0) is 11.3 Å². The first-order chi connectivity index (χ1) is 12.8. The Morgan fingerprint density at radius 3 is 2.63 bits per heavy atom. The van der Waals surface area contributed by atoms with Gasteiger partial charge in [-0.3, -0.25) is 14.3 Å². The van der Waals surface area contributed by atoms with Crippen molar-refractivity contribution >= 4 is 28.8 Å². The summed E-state index contributed by atoms with van der Waals surface area (Å²) in [6.07, 6.45) is 5.68. The van der Waals surface area contributed by atoms with Gasteiger partial charge in [-0.05, 0) is 31.0 Å². The minimum absolute atomic E-state index is 0.126. The summed E-state index contributed by atoms with van der Waals surface area (Å²) in [5, 5.41) is 3.80. The molecule has 2 rings (SSSR count). The van der Waals surface area contributed by atoms with E-state index in [4.69, 9.17) is 22.7 Å². The Morgan fingerprint density at radius 1 is 1.37 bits per heavy atom. The molecule has 1 aliphatic carbocycles. The fraction of sp³-hybridized carbons (Fsp3) is 0.722. The van der Waals surface area contributed by atoms with Crippen LogP contribution in [-0.4, -0.2) is 41.0 Å². The number of nitrogens with one attached hydrogen (secondary N) is 2. The van der Waals surface area contributed by atoms with Gasteiger partial charge in [0.2, 0.25) is 0 Å². The molecular weight excluding hydrogens is 366 g/mol. The van der Waals surface area contributed by atoms with E-state index in [9.17, 15) is 9.59 Å². The molecule has 0 unspecified atom stereocenters. The summed E-state index contributed by atoms with van der Waals surface area (Å²) in [6, 6.07) is 0.290. The van der Waals surface area contributed by atoms with E-state index in [1.165, 1.54) is 23.8 Å². The molecule has 9 heteroatoms. The number of nitrogens with two attached hydrogens (primary N) is 1. The number of hydrogen-bond acceptors (Lipinski definition) is 5. The maximum Gasteiger partial charge on any atom is 0.330 e. The summed E-state index contributed by atoms with van der Waals surface area (Å²) in [6.45, 7) is 5.11. The average Bonchev–Trinajstić information content (AvgIpc) is 2.61. The van der Waals surface area contributed by atoms with Crippen LogP contribution in [0.25, 0.3) is 0 Å². The number of ether oxygens (including phenoxy) is 1. The highest BCUT2D eigenvalue weighted by Crippen LogP contribution is 2.21. The van der Waals surface area contributed by atoms with Crippen LogP contribution in [0, 0.1) is 5.92 Å². The third kappa shape index (κ3) is 5.55.